The van der Waals surface area contributed by atoms with Crippen LogP contribution >= 0.6 is 0 Å². The van der Waals surface area contributed by atoms with Crippen LogP contribution in [0.3, 0.4) is 0 Å². The Labute approximate surface area is 151 Å². The molecule has 1 saturated heterocycles. The highest BCUT2D eigenvalue weighted by atomic mass is 16.2. The third-order valence-electron chi connectivity index (χ3n) is 5.21. The van der Waals surface area contributed by atoms with Crippen molar-refractivity contribution < 1.29 is 14.5 Å². The number of nitrogens with one attached hydrogen (secondary N) is 2. The summed E-state index contributed by atoms with van der Waals surface area (Å²) in [7, 11) is 1.91. The van der Waals surface area contributed by atoms with E-state index in [9.17, 15) is 9.59 Å². The molecule has 2 atom stereocenters. The van der Waals surface area contributed by atoms with Crippen LogP contribution in [0.2, 0.25) is 0 Å². The monoisotopic (exact) mass is 346 g/mol. The molecule has 0 spiro atoms. The molecule has 5 heteroatoms. The molecule has 1 fully saturated rings. The number of carbonyl (C=O) groups excluding carboxylic acids is 2. The fourth-order valence-electron chi connectivity index (χ4n) is 3.53. The quantitative estimate of drug-likeness (QED) is 0.821. The fourth-order valence-corrected chi connectivity index (χ4v) is 3.53. The number of anilines is 1. The highest BCUT2D eigenvalue weighted by Gasteiger charge is 2.27. The average Bonchev–Trinajstić information content (AvgIpc) is 2.58. The zero-order valence-electron chi connectivity index (χ0n) is 16.0. The minimum absolute atomic E-state index is 0.0512. The lowest BCUT2D eigenvalue weighted by molar-refractivity contribution is -0.862. The number of quaternary nitrogens is 1. The Hall–Kier alpha value is -1.88. The Balaban J connectivity index is 1.86. The second-order valence-corrected chi connectivity index (χ2v) is 7.25. The number of benzene rings is 1. The van der Waals surface area contributed by atoms with Crippen molar-refractivity contribution in [2.75, 3.05) is 32.0 Å². The lowest BCUT2D eigenvalue weighted by Gasteiger charge is -2.35. The van der Waals surface area contributed by atoms with Crippen molar-refractivity contribution in [1.29, 1.82) is 0 Å². The Kier molecular flexibility index (Phi) is 7.00. The van der Waals surface area contributed by atoms with Crippen LogP contribution in [0.4, 0.5) is 5.69 Å². The first kappa shape index (κ1) is 19.4. The first-order valence-corrected chi connectivity index (χ1v) is 9.39. The standard InChI is InChI=1S/C20H31N3O2/c1-5-17-10-6-7-12-23(17)20(25)14-22(4)13-19(24)21-18-11-8-9-15(2)16(18)3/h8-9,11,17H,5-7,10,12-14H2,1-4H3,(H,21,24)/p+1/t17-/m1/s1. The van der Waals surface area contributed by atoms with Gasteiger partial charge >= 0.3 is 0 Å². The van der Waals surface area contributed by atoms with E-state index >= 15 is 0 Å². The SMILES string of the molecule is CC[C@@H]1CCCCN1C(=O)C[NH+](C)CC(=O)Nc1cccc(C)c1C. The molecule has 0 aliphatic carbocycles. The van der Waals surface area contributed by atoms with Gasteiger partial charge in [-0.1, -0.05) is 19.1 Å². The Bertz CT molecular complexity index is 615. The zero-order valence-corrected chi connectivity index (χ0v) is 16.0. The molecule has 1 unspecified atom stereocenters. The molecule has 2 rings (SSSR count). The van der Waals surface area contributed by atoms with Crippen LogP contribution in [0.15, 0.2) is 18.2 Å². The molecular formula is C20H32N3O2+. The lowest BCUT2D eigenvalue weighted by atomic mass is 10.00. The molecule has 0 aromatic heterocycles. The van der Waals surface area contributed by atoms with Crippen LogP contribution < -0.4 is 10.2 Å². The van der Waals surface area contributed by atoms with Gasteiger partial charge in [-0.3, -0.25) is 9.59 Å². The van der Waals surface area contributed by atoms with Gasteiger partial charge in [0.2, 0.25) is 0 Å². The molecule has 2 N–H and O–H groups in total. The molecule has 1 aliphatic heterocycles. The van der Waals surface area contributed by atoms with Gasteiger partial charge in [0.15, 0.2) is 13.1 Å². The number of amides is 2. The van der Waals surface area contributed by atoms with Crippen molar-refractivity contribution in [2.45, 2.75) is 52.5 Å². The van der Waals surface area contributed by atoms with E-state index in [1.165, 1.54) is 6.42 Å². The summed E-state index contributed by atoms with van der Waals surface area (Å²) in [4.78, 5) is 27.8. The molecule has 0 radical (unpaired) electrons. The molecule has 5 nitrogen and oxygen atoms in total. The largest absolute Gasteiger partial charge is 0.335 e. The van der Waals surface area contributed by atoms with Gasteiger partial charge in [0, 0.05) is 18.3 Å². The summed E-state index contributed by atoms with van der Waals surface area (Å²) in [6.45, 7) is 7.71. The minimum Gasteiger partial charge on any atom is -0.335 e. The van der Waals surface area contributed by atoms with E-state index in [1.54, 1.807) is 0 Å². The second-order valence-electron chi connectivity index (χ2n) is 7.25. The normalized spacial score (nSPS) is 18.7. The van der Waals surface area contributed by atoms with Crippen LogP contribution in [0.1, 0.15) is 43.7 Å². The maximum Gasteiger partial charge on any atom is 0.279 e. The van der Waals surface area contributed by atoms with Crippen molar-refractivity contribution in [3.8, 4) is 0 Å². The predicted octanol–water partition coefficient (Wildman–Crippen LogP) is 1.55. The molecule has 0 bridgehead atoms. The Morgan fingerprint density at radius 3 is 2.72 bits per heavy atom. The van der Waals surface area contributed by atoms with E-state index in [2.05, 4.69) is 12.2 Å². The molecule has 25 heavy (non-hydrogen) atoms. The number of likely N-dealkylation sites (tertiary alicyclic amines) is 1. The topological polar surface area (TPSA) is 53.9 Å². The molecule has 1 heterocycles. The van der Waals surface area contributed by atoms with Gasteiger partial charge in [-0.15, -0.1) is 0 Å². The van der Waals surface area contributed by atoms with Crippen molar-refractivity contribution >= 4 is 17.5 Å². The van der Waals surface area contributed by atoms with Crippen molar-refractivity contribution in [3.63, 3.8) is 0 Å². The van der Waals surface area contributed by atoms with Crippen molar-refractivity contribution in [3.05, 3.63) is 29.3 Å². The molecule has 0 saturated carbocycles. The van der Waals surface area contributed by atoms with Gasteiger partial charge < -0.3 is 15.1 Å². The Morgan fingerprint density at radius 2 is 2.00 bits per heavy atom. The van der Waals surface area contributed by atoms with Crippen molar-refractivity contribution in [1.82, 2.24) is 4.90 Å². The van der Waals surface area contributed by atoms with Crippen LogP contribution in [-0.2, 0) is 9.59 Å². The smallest absolute Gasteiger partial charge is 0.279 e. The minimum atomic E-state index is -0.0512. The molecule has 1 aliphatic rings. The summed E-state index contributed by atoms with van der Waals surface area (Å²) >= 11 is 0. The molecular weight excluding hydrogens is 314 g/mol. The predicted molar refractivity (Wildman–Crippen MR) is 101 cm³/mol. The average molecular weight is 346 g/mol. The number of likely N-dealkylation sites (N-methyl/N-ethyl adjacent to an activating group) is 1. The van der Waals surface area contributed by atoms with E-state index in [4.69, 9.17) is 0 Å². The lowest BCUT2D eigenvalue weighted by Crippen LogP contribution is -3.11. The van der Waals surface area contributed by atoms with Gasteiger partial charge in [0.25, 0.3) is 11.8 Å². The number of rotatable bonds is 6. The van der Waals surface area contributed by atoms with E-state index in [0.29, 0.717) is 19.1 Å². The van der Waals surface area contributed by atoms with Gasteiger partial charge in [0.1, 0.15) is 0 Å². The molecule has 1 aromatic rings. The molecule has 1 aromatic carbocycles. The summed E-state index contributed by atoms with van der Waals surface area (Å²) in [6, 6.07) is 6.27. The third-order valence-corrected chi connectivity index (χ3v) is 5.21. The number of aryl methyl sites for hydroxylation is 1. The summed E-state index contributed by atoms with van der Waals surface area (Å²) in [5.74, 6) is 0.119. The number of carbonyl (C=O) groups is 2. The van der Waals surface area contributed by atoms with E-state index < -0.39 is 0 Å². The van der Waals surface area contributed by atoms with Crippen LogP contribution in [0.5, 0.6) is 0 Å². The number of hydrogen-bond acceptors (Lipinski definition) is 2. The van der Waals surface area contributed by atoms with Gasteiger partial charge in [-0.25, -0.2) is 0 Å². The maximum absolute atomic E-state index is 12.6. The Morgan fingerprint density at radius 1 is 1.24 bits per heavy atom. The van der Waals surface area contributed by atoms with Gasteiger partial charge in [-0.2, -0.15) is 0 Å². The van der Waals surface area contributed by atoms with E-state index in [1.807, 2.05) is 44.0 Å². The first-order valence-electron chi connectivity index (χ1n) is 9.39. The van der Waals surface area contributed by atoms with Crippen LogP contribution in [0.25, 0.3) is 0 Å². The first-order chi connectivity index (χ1) is 11.9. The van der Waals surface area contributed by atoms with E-state index in [-0.39, 0.29) is 11.8 Å². The number of nitrogens with zero attached hydrogens (tertiary/aromatic N) is 1. The zero-order chi connectivity index (χ0) is 18.4. The summed E-state index contributed by atoms with van der Waals surface area (Å²) in [6.07, 6.45) is 4.42. The molecule has 2 amide bonds. The van der Waals surface area contributed by atoms with Gasteiger partial charge in [0.05, 0.1) is 7.05 Å². The van der Waals surface area contributed by atoms with Crippen LogP contribution in [0, 0.1) is 13.8 Å². The number of piperidine rings is 1. The van der Waals surface area contributed by atoms with Crippen molar-refractivity contribution in [2.24, 2.45) is 0 Å². The summed E-state index contributed by atoms with van der Waals surface area (Å²) in [5, 5.41) is 2.97. The fraction of sp³-hybridized carbons (Fsp3) is 0.600. The summed E-state index contributed by atoms with van der Waals surface area (Å²) < 4.78 is 0. The highest BCUT2D eigenvalue weighted by Crippen LogP contribution is 2.19. The van der Waals surface area contributed by atoms with E-state index in [0.717, 1.165) is 47.5 Å². The highest BCUT2D eigenvalue weighted by molar-refractivity contribution is 5.92. The van der Waals surface area contributed by atoms with Crippen LogP contribution in [-0.4, -0.2) is 49.4 Å². The third kappa shape index (κ3) is 5.30. The van der Waals surface area contributed by atoms with Gasteiger partial charge in [-0.05, 0) is 56.7 Å². The molecule has 138 valence electrons. The summed E-state index contributed by atoms with van der Waals surface area (Å²) in [5.41, 5.74) is 3.10. The second kappa shape index (κ2) is 8.99. The number of hydrogen-bond donors (Lipinski definition) is 2. The maximum atomic E-state index is 12.6.